The van der Waals surface area contributed by atoms with E-state index in [9.17, 15) is 9.59 Å². The number of carbonyl (C=O) groups excluding carboxylic acids is 2. The monoisotopic (exact) mass is 365 g/mol. The smallest absolute Gasteiger partial charge is 0.268 e. The van der Waals surface area contributed by atoms with Crippen LogP contribution in [0.1, 0.15) is 19.8 Å². The fourth-order valence-corrected chi connectivity index (χ4v) is 3.67. The zero-order valence-corrected chi connectivity index (χ0v) is 15.4. The van der Waals surface area contributed by atoms with Crippen molar-refractivity contribution in [2.75, 3.05) is 34.8 Å². The minimum atomic E-state index is -0.607. The molecule has 6 nitrogen and oxygen atoms in total. The Labute approximate surface area is 158 Å². The molecular formula is C21H23N3O3. The molecule has 2 aliphatic heterocycles. The van der Waals surface area contributed by atoms with Gasteiger partial charge in [-0.2, -0.15) is 0 Å². The van der Waals surface area contributed by atoms with Gasteiger partial charge in [0.15, 0.2) is 6.10 Å². The van der Waals surface area contributed by atoms with E-state index in [0.29, 0.717) is 11.4 Å². The molecule has 0 aromatic heterocycles. The molecule has 27 heavy (non-hydrogen) atoms. The molecule has 0 bridgehead atoms. The Morgan fingerprint density at radius 1 is 1.07 bits per heavy atom. The van der Waals surface area contributed by atoms with Crippen LogP contribution in [-0.4, -0.2) is 37.6 Å². The van der Waals surface area contributed by atoms with Gasteiger partial charge in [0, 0.05) is 13.1 Å². The van der Waals surface area contributed by atoms with Crippen LogP contribution in [0.25, 0.3) is 0 Å². The summed E-state index contributed by atoms with van der Waals surface area (Å²) in [5.41, 5.74) is 2.44. The Balaban J connectivity index is 1.53. The average Bonchev–Trinajstić information content (AvgIpc) is 3.20. The van der Waals surface area contributed by atoms with Crippen LogP contribution in [0.15, 0.2) is 48.5 Å². The Hall–Kier alpha value is -3.02. The first-order chi connectivity index (χ1) is 13.1. The van der Waals surface area contributed by atoms with Gasteiger partial charge in [0.05, 0.1) is 17.1 Å². The highest BCUT2D eigenvalue weighted by Crippen LogP contribution is 2.34. The second-order valence-electron chi connectivity index (χ2n) is 6.91. The third-order valence-electron chi connectivity index (χ3n) is 5.00. The number of hydrogen-bond donors (Lipinski definition) is 1. The minimum absolute atomic E-state index is 0.0438. The SMILES string of the molecule is C[C@H]1Oc2ccccc2N(CC(=O)Nc2ccccc2N2CCCC2)C1=O. The van der Waals surface area contributed by atoms with Gasteiger partial charge in [-0.1, -0.05) is 24.3 Å². The number of hydrogen-bond acceptors (Lipinski definition) is 4. The molecule has 2 aromatic rings. The van der Waals surface area contributed by atoms with Crippen LogP contribution >= 0.6 is 0 Å². The second-order valence-corrected chi connectivity index (χ2v) is 6.91. The zero-order chi connectivity index (χ0) is 18.8. The summed E-state index contributed by atoms with van der Waals surface area (Å²) < 4.78 is 5.63. The standard InChI is InChI=1S/C21H23N3O3/c1-15-21(26)24(18-10-4-5-11-19(18)27-15)14-20(25)22-16-8-2-3-9-17(16)23-12-6-7-13-23/h2-5,8-11,15H,6-7,12-14H2,1H3,(H,22,25)/t15-/m1/s1. The number of rotatable bonds is 4. The molecule has 2 aromatic carbocycles. The van der Waals surface area contributed by atoms with Gasteiger partial charge in [0.25, 0.3) is 5.91 Å². The molecule has 0 unspecified atom stereocenters. The summed E-state index contributed by atoms with van der Waals surface area (Å²) in [7, 11) is 0. The largest absolute Gasteiger partial charge is 0.479 e. The van der Waals surface area contributed by atoms with Crippen LogP contribution < -0.4 is 19.9 Å². The van der Waals surface area contributed by atoms with Crippen molar-refractivity contribution in [3.8, 4) is 5.75 Å². The highest BCUT2D eigenvalue weighted by molar-refractivity contribution is 6.06. The summed E-state index contributed by atoms with van der Waals surface area (Å²) in [5.74, 6) is 0.186. The van der Waals surface area contributed by atoms with E-state index in [1.54, 1.807) is 13.0 Å². The predicted molar refractivity (Wildman–Crippen MR) is 105 cm³/mol. The first-order valence-electron chi connectivity index (χ1n) is 9.34. The maximum atomic E-state index is 12.7. The van der Waals surface area contributed by atoms with Crippen molar-refractivity contribution in [1.82, 2.24) is 0 Å². The van der Waals surface area contributed by atoms with E-state index in [-0.39, 0.29) is 18.4 Å². The summed E-state index contributed by atoms with van der Waals surface area (Å²) in [6.45, 7) is 3.66. The topological polar surface area (TPSA) is 61.9 Å². The maximum absolute atomic E-state index is 12.7. The van der Waals surface area contributed by atoms with Crippen LogP contribution in [0.2, 0.25) is 0 Å². The molecular weight excluding hydrogens is 342 g/mol. The Kier molecular flexibility index (Phi) is 4.71. The van der Waals surface area contributed by atoms with Crippen molar-refractivity contribution < 1.29 is 14.3 Å². The van der Waals surface area contributed by atoms with Crippen LogP contribution in [0.3, 0.4) is 0 Å². The maximum Gasteiger partial charge on any atom is 0.268 e. The highest BCUT2D eigenvalue weighted by atomic mass is 16.5. The molecule has 6 heteroatoms. The number of anilines is 3. The molecule has 1 atom stereocenters. The lowest BCUT2D eigenvalue weighted by molar-refractivity contribution is -0.127. The van der Waals surface area contributed by atoms with E-state index in [2.05, 4.69) is 10.2 Å². The number of fused-ring (bicyclic) bond motifs is 1. The van der Waals surface area contributed by atoms with Gasteiger partial charge < -0.3 is 15.0 Å². The van der Waals surface area contributed by atoms with Crippen molar-refractivity contribution >= 4 is 28.9 Å². The van der Waals surface area contributed by atoms with Crippen LogP contribution in [0, 0.1) is 0 Å². The van der Waals surface area contributed by atoms with Gasteiger partial charge in [0.1, 0.15) is 12.3 Å². The number of ether oxygens (including phenoxy) is 1. The third kappa shape index (κ3) is 3.47. The predicted octanol–water partition coefficient (Wildman–Crippen LogP) is 3.04. The number of para-hydroxylation sites is 4. The van der Waals surface area contributed by atoms with Gasteiger partial charge in [-0.05, 0) is 44.0 Å². The van der Waals surface area contributed by atoms with Gasteiger partial charge >= 0.3 is 0 Å². The fraction of sp³-hybridized carbons (Fsp3) is 0.333. The van der Waals surface area contributed by atoms with E-state index in [4.69, 9.17) is 4.74 Å². The summed E-state index contributed by atoms with van der Waals surface area (Å²) in [6, 6.07) is 15.1. The summed E-state index contributed by atoms with van der Waals surface area (Å²) in [4.78, 5) is 29.1. The molecule has 2 heterocycles. The quantitative estimate of drug-likeness (QED) is 0.905. The van der Waals surface area contributed by atoms with Crippen molar-refractivity contribution in [2.45, 2.75) is 25.9 Å². The van der Waals surface area contributed by atoms with Gasteiger partial charge in [0.2, 0.25) is 5.91 Å². The molecule has 0 aliphatic carbocycles. The Morgan fingerprint density at radius 3 is 2.52 bits per heavy atom. The molecule has 0 saturated carbocycles. The lowest BCUT2D eigenvalue weighted by atomic mass is 10.2. The van der Waals surface area contributed by atoms with Crippen molar-refractivity contribution in [3.05, 3.63) is 48.5 Å². The van der Waals surface area contributed by atoms with E-state index < -0.39 is 6.10 Å². The van der Waals surface area contributed by atoms with Gasteiger partial charge in [-0.15, -0.1) is 0 Å². The molecule has 2 amide bonds. The lowest BCUT2D eigenvalue weighted by Crippen LogP contribution is -2.47. The molecule has 140 valence electrons. The summed E-state index contributed by atoms with van der Waals surface area (Å²) >= 11 is 0. The van der Waals surface area contributed by atoms with Crippen molar-refractivity contribution in [3.63, 3.8) is 0 Å². The molecule has 2 aliphatic rings. The van der Waals surface area contributed by atoms with Gasteiger partial charge in [-0.25, -0.2) is 0 Å². The van der Waals surface area contributed by atoms with Crippen LogP contribution in [-0.2, 0) is 9.59 Å². The Bertz CT molecular complexity index is 861. The first-order valence-corrected chi connectivity index (χ1v) is 9.34. The summed E-state index contributed by atoms with van der Waals surface area (Å²) in [6.07, 6.45) is 1.72. The molecule has 1 saturated heterocycles. The number of nitrogens with one attached hydrogen (secondary N) is 1. The number of benzene rings is 2. The molecule has 1 N–H and O–H groups in total. The average molecular weight is 365 g/mol. The van der Waals surface area contributed by atoms with E-state index >= 15 is 0 Å². The molecule has 4 rings (SSSR count). The van der Waals surface area contributed by atoms with E-state index in [1.807, 2.05) is 42.5 Å². The number of amides is 2. The molecule has 0 spiro atoms. The second kappa shape index (κ2) is 7.31. The normalized spacial score (nSPS) is 18.9. The third-order valence-corrected chi connectivity index (χ3v) is 5.00. The Morgan fingerprint density at radius 2 is 1.74 bits per heavy atom. The van der Waals surface area contributed by atoms with Gasteiger partial charge in [-0.3, -0.25) is 14.5 Å². The van der Waals surface area contributed by atoms with Crippen LogP contribution in [0.5, 0.6) is 5.75 Å². The van der Waals surface area contributed by atoms with Crippen LogP contribution in [0.4, 0.5) is 17.1 Å². The highest BCUT2D eigenvalue weighted by Gasteiger charge is 2.32. The minimum Gasteiger partial charge on any atom is -0.479 e. The van der Waals surface area contributed by atoms with Crippen molar-refractivity contribution in [2.24, 2.45) is 0 Å². The number of nitrogens with zero attached hydrogens (tertiary/aromatic N) is 2. The number of carbonyl (C=O) groups is 2. The fourth-order valence-electron chi connectivity index (χ4n) is 3.67. The zero-order valence-electron chi connectivity index (χ0n) is 15.4. The lowest BCUT2D eigenvalue weighted by Gasteiger charge is -2.32. The molecule has 1 fully saturated rings. The summed E-state index contributed by atoms with van der Waals surface area (Å²) in [5, 5.41) is 2.99. The van der Waals surface area contributed by atoms with E-state index in [0.717, 1.165) is 24.5 Å². The van der Waals surface area contributed by atoms with E-state index in [1.165, 1.54) is 17.7 Å². The molecule has 0 radical (unpaired) electrons. The van der Waals surface area contributed by atoms with Crippen molar-refractivity contribution in [1.29, 1.82) is 0 Å². The first kappa shape index (κ1) is 17.4.